The zero-order chi connectivity index (χ0) is 11.5. The minimum atomic E-state index is 0.318. The van der Waals surface area contributed by atoms with Crippen LogP contribution in [0.15, 0.2) is 0 Å². The van der Waals surface area contributed by atoms with Crippen LogP contribution in [0.5, 0.6) is 0 Å². The Morgan fingerprint density at radius 2 is 1.81 bits per heavy atom. The lowest BCUT2D eigenvalue weighted by Crippen LogP contribution is -2.43. The van der Waals surface area contributed by atoms with E-state index in [0.29, 0.717) is 12.0 Å². The van der Waals surface area contributed by atoms with Crippen molar-refractivity contribution in [2.24, 2.45) is 5.92 Å². The number of piperidine rings is 1. The maximum Gasteiger partial charge on any atom is 0.0656 e. The van der Waals surface area contributed by atoms with Gasteiger partial charge in [0.1, 0.15) is 0 Å². The van der Waals surface area contributed by atoms with Crippen molar-refractivity contribution < 1.29 is 0 Å². The molecule has 1 atom stereocenters. The van der Waals surface area contributed by atoms with Crippen LogP contribution in [0.3, 0.4) is 0 Å². The molecule has 0 N–H and O–H groups in total. The second-order valence-corrected chi connectivity index (χ2v) is 5.47. The first kappa shape index (κ1) is 11.9. The average Bonchev–Trinajstić information content (AvgIpc) is 2.78. The van der Waals surface area contributed by atoms with Crippen molar-refractivity contribution >= 4 is 0 Å². The molecule has 0 amide bonds. The quantitative estimate of drug-likeness (QED) is 0.711. The monoisotopic (exact) mass is 221 g/mol. The first-order valence-electron chi connectivity index (χ1n) is 6.58. The van der Waals surface area contributed by atoms with E-state index in [9.17, 15) is 0 Å². The Kier molecular flexibility index (Phi) is 3.83. The predicted octanol–water partition coefficient (Wildman–Crippen LogP) is 1.70. The highest BCUT2D eigenvalue weighted by Gasteiger charge is 2.31. The fourth-order valence-electron chi connectivity index (χ4n) is 2.93. The fourth-order valence-corrected chi connectivity index (χ4v) is 2.93. The molecule has 0 spiro atoms. The zero-order valence-corrected chi connectivity index (χ0v) is 10.5. The third-order valence-electron chi connectivity index (χ3n) is 4.15. The van der Waals surface area contributed by atoms with E-state index < -0.39 is 0 Å². The van der Waals surface area contributed by atoms with Gasteiger partial charge in [-0.05, 0) is 46.2 Å². The Labute approximate surface area is 99.0 Å². The molecule has 2 fully saturated rings. The lowest BCUT2D eigenvalue weighted by Gasteiger charge is -2.34. The van der Waals surface area contributed by atoms with E-state index in [1.165, 1.54) is 19.5 Å². The van der Waals surface area contributed by atoms with Gasteiger partial charge in [0.25, 0.3) is 0 Å². The van der Waals surface area contributed by atoms with Crippen molar-refractivity contribution in [1.82, 2.24) is 9.80 Å². The molecule has 0 aromatic carbocycles. The van der Waals surface area contributed by atoms with Gasteiger partial charge in [0.2, 0.25) is 0 Å². The summed E-state index contributed by atoms with van der Waals surface area (Å²) in [5.41, 5.74) is 0. The summed E-state index contributed by atoms with van der Waals surface area (Å²) in [6.07, 6.45) is 3.47. The van der Waals surface area contributed by atoms with Crippen molar-refractivity contribution in [3.8, 4) is 6.07 Å². The molecule has 0 bridgehead atoms. The van der Waals surface area contributed by atoms with Crippen LogP contribution >= 0.6 is 0 Å². The molecule has 0 aromatic rings. The number of nitriles is 1. The van der Waals surface area contributed by atoms with E-state index in [4.69, 9.17) is 5.26 Å². The number of hydrogen-bond donors (Lipinski definition) is 0. The van der Waals surface area contributed by atoms with Gasteiger partial charge in [-0.2, -0.15) is 5.26 Å². The van der Waals surface area contributed by atoms with Gasteiger partial charge in [-0.15, -0.1) is 0 Å². The SMILES string of the molecule is CC(C)N1CCC(N2CCC(C#N)CC2)C1. The standard InChI is InChI=1S/C13H23N3/c1-11(2)16-8-5-13(10-16)15-6-3-12(9-14)4-7-15/h11-13H,3-8,10H2,1-2H3. The summed E-state index contributed by atoms with van der Waals surface area (Å²) in [5.74, 6) is 0.318. The van der Waals surface area contributed by atoms with Crippen LogP contribution in [0, 0.1) is 17.2 Å². The summed E-state index contributed by atoms with van der Waals surface area (Å²) in [6.45, 7) is 9.31. The zero-order valence-electron chi connectivity index (χ0n) is 10.5. The Bertz CT molecular complexity index is 261. The molecular weight excluding hydrogens is 198 g/mol. The number of hydrogen-bond acceptors (Lipinski definition) is 3. The smallest absolute Gasteiger partial charge is 0.0656 e. The van der Waals surface area contributed by atoms with Gasteiger partial charge in [0, 0.05) is 31.1 Å². The average molecular weight is 221 g/mol. The number of likely N-dealkylation sites (tertiary alicyclic amines) is 2. The Morgan fingerprint density at radius 3 is 2.31 bits per heavy atom. The molecule has 2 saturated heterocycles. The normalized spacial score (nSPS) is 29.8. The van der Waals surface area contributed by atoms with Crippen LogP contribution in [0.25, 0.3) is 0 Å². The van der Waals surface area contributed by atoms with Crippen molar-refractivity contribution in [2.75, 3.05) is 26.2 Å². The summed E-state index contributed by atoms with van der Waals surface area (Å²) in [5, 5.41) is 8.88. The Hall–Kier alpha value is -0.590. The van der Waals surface area contributed by atoms with Crippen LogP contribution in [0.2, 0.25) is 0 Å². The van der Waals surface area contributed by atoms with E-state index in [-0.39, 0.29) is 0 Å². The second-order valence-electron chi connectivity index (χ2n) is 5.47. The number of rotatable bonds is 2. The maximum absolute atomic E-state index is 8.88. The van der Waals surface area contributed by atoms with Gasteiger partial charge in [0.05, 0.1) is 6.07 Å². The van der Waals surface area contributed by atoms with Gasteiger partial charge in [0.15, 0.2) is 0 Å². The highest BCUT2D eigenvalue weighted by molar-refractivity contribution is 4.91. The van der Waals surface area contributed by atoms with Crippen molar-refractivity contribution in [1.29, 1.82) is 5.26 Å². The molecule has 3 heteroatoms. The van der Waals surface area contributed by atoms with Gasteiger partial charge >= 0.3 is 0 Å². The molecule has 0 radical (unpaired) electrons. The van der Waals surface area contributed by atoms with Gasteiger partial charge in [-0.25, -0.2) is 0 Å². The van der Waals surface area contributed by atoms with Crippen LogP contribution in [-0.2, 0) is 0 Å². The van der Waals surface area contributed by atoms with Gasteiger partial charge in [-0.3, -0.25) is 9.80 Å². The summed E-state index contributed by atoms with van der Waals surface area (Å²) >= 11 is 0. The first-order chi connectivity index (χ1) is 7.70. The molecule has 2 rings (SSSR count). The topological polar surface area (TPSA) is 30.3 Å². The molecule has 2 heterocycles. The molecule has 1 unspecified atom stereocenters. The van der Waals surface area contributed by atoms with Crippen LogP contribution in [0.4, 0.5) is 0 Å². The van der Waals surface area contributed by atoms with Crippen molar-refractivity contribution in [3.63, 3.8) is 0 Å². The van der Waals surface area contributed by atoms with Crippen LogP contribution < -0.4 is 0 Å². The van der Waals surface area contributed by atoms with E-state index in [1.807, 2.05) is 0 Å². The molecule has 0 saturated carbocycles. The molecule has 2 aliphatic heterocycles. The van der Waals surface area contributed by atoms with E-state index in [2.05, 4.69) is 29.7 Å². The molecule has 16 heavy (non-hydrogen) atoms. The largest absolute Gasteiger partial charge is 0.299 e. The van der Waals surface area contributed by atoms with Gasteiger partial charge in [-0.1, -0.05) is 0 Å². The maximum atomic E-state index is 8.88. The summed E-state index contributed by atoms with van der Waals surface area (Å²) in [7, 11) is 0. The summed E-state index contributed by atoms with van der Waals surface area (Å²) in [6, 6.07) is 3.84. The Balaban J connectivity index is 1.80. The van der Waals surface area contributed by atoms with Gasteiger partial charge < -0.3 is 0 Å². The summed E-state index contributed by atoms with van der Waals surface area (Å²) in [4.78, 5) is 5.18. The summed E-state index contributed by atoms with van der Waals surface area (Å²) < 4.78 is 0. The molecule has 0 aliphatic carbocycles. The van der Waals surface area contributed by atoms with Crippen LogP contribution in [-0.4, -0.2) is 48.1 Å². The number of nitrogens with zero attached hydrogens (tertiary/aromatic N) is 3. The third-order valence-corrected chi connectivity index (χ3v) is 4.15. The van der Waals surface area contributed by atoms with Crippen molar-refractivity contribution in [3.05, 3.63) is 0 Å². The molecule has 90 valence electrons. The fraction of sp³-hybridized carbons (Fsp3) is 0.923. The Morgan fingerprint density at radius 1 is 1.12 bits per heavy atom. The van der Waals surface area contributed by atoms with Crippen molar-refractivity contribution in [2.45, 2.75) is 45.2 Å². The van der Waals surface area contributed by atoms with Crippen LogP contribution in [0.1, 0.15) is 33.1 Å². The second kappa shape index (κ2) is 5.16. The van der Waals surface area contributed by atoms with E-state index >= 15 is 0 Å². The molecule has 2 aliphatic rings. The van der Waals surface area contributed by atoms with E-state index in [0.717, 1.165) is 32.0 Å². The first-order valence-corrected chi connectivity index (χ1v) is 6.58. The highest BCUT2D eigenvalue weighted by Crippen LogP contribution is 2.23. The molecule has 3 nitrogen and oxygen atoms in total. The highest BCUT2D eigenvalue weighted by atomic mass is 15.3. The molecule has 0 aromatic heterocycles. The predicted molar refractivity (Wildman–Crippen MR) is 65.0 cm³/mol. The minimum Gasteiger partial charge on any atom is -0.299 e. The molecular formula is C13H23N3. The lowest BCUT2D eigenvalue weighted by molar-refractivity contribution is 0.142. The van der Waals surface area contributed by atoms with E-state index in [1.54, 1.807) is 0 Å². The lowest BCUT2D eigenvalue weighted by atomic mass is 9.97. The third kappa shape index (κ3) is 2.56. The minimum absolute atomic E-state index is 0.318.